The predicted molar refractivity (Wildman–Crippen MR) is 102 cm³/mol. The second-order valence-corrected chi connectivity index (χ2v) is 7.16. The summed E-state index contributed by atoms with van der Waals surface area (Å²) in [4.78, 5) is 34.4. The Morgan fingerprint density at radius 2 is 2.17 bits per heavy atom. The first-order valence-electron chi connectivity index (χ1n) is 9.51. The highest BCUT2D eigenvalue weighted by molar-refractivity contribution is 5.97. The largest absolute Gasteiger partial charge is 0.372 e. The molecule has 1 aromatic carbocycles. The van der Waals surface area contributed by atoms with Crippen LogP contribution in [0.4, 0.5) is 0 Å². The van der Waals surface area contributed by atoms with Crippen LogP contribution in [0.2, 0.25) is 0 Å². The van der Waals surface area contributed by atoms with E-state index in [1.54, 1.807) is 17.3 Å². The van der Waals surface area contributed by atoms with Crippen molar-refractivity contribution in [2.45, 2.75) is 32.7 Å². The number of ether oxygens (including phenoxy) is 1. The zero-order valence-corrected chi connectivity index (χ0v) is 15.7. The van der Waals surface area contributed by atoms with Gasteiger partial charge in [-0.3, -0.25) is 14.7 Å². The Morgan fingerprint density at radius 3 is 3.03 bits per heavy atom. The topological polar surface area (TPSA) is 116 Å². The van der Waals surface area contributed by atoms with E-state index in [1.807, 2.05) is 18.2 Å². The summed E-state index contributed by atoms with van der Waals surface area (Å²) >= 11 is 0. The zero-order chi connectivity index (χ0) is 19.8. The SMILES string of the molecule is O=C(NCc1ncc[nH]1)c1n[nH]c2c1CCN(C(=O)c1cccc3c1COC3)C2. The van der Waals surface area contributed by atoms with E-state index in [0.29, 0.717) is 56.4 Å². The Balaban J connectivity index is 1.30. The quantitative estimate of drug-likeness (QED) is 0.619. The van der Waals surface area contributed by atoms with Gasteiger partial charge in [-0.15, -0.1) is 0 Å². The number of hydrogen-bond acceptors (Lipinski definition) is 5. The number of nitrogens with one attached hydrogen (secondary N) is 3. The third-order valence-electron chi connectivity index (χ3n) is 5.41. The maximum Gasteiger partial charge on any atom is 0.272 e. The molecule has 2 aliphatic rings. The molecule has 0 spiro atoms. The van der Waals surface area contributed by atoms with Crippen molar-refractivity contribution in [3.05, 3.63) is 70.1 Å². The van der Waals surface area contributed by atoms with Crippen LogP contribution in [-0.4, -0.2) is 43.4 Å². The minimum absolute atomic E-state index is 0.0172. The molecule has 0 saturated carbocycles. The highest BCUT2D eigenvalue weighted by Gasteiger charge is 2.29. The number of aromatic amines is 2. The van der Waals surface area contributed by atoms with Gasteiger partial charge in [0.1, 0.15) is 5.82 Å². The Morgan fingerprint density at radius 1 is 1.24 bits per heavy atom. The number of nitrogens with zero attached hydrogens (tertiary/aromatic N) is 3. The highest BCUT2D eigenvalue weighted by atomic mass is 16.5. The molecule has 2 aliphatic heterocycles. The van der Waals surface area contributed by atoms with Crippen LogP contribution in [0, 0.1) is 0 Å². The average molecular weight is 392 g/mol. The van der Waals surface area contributed by atoms with E-state index < -0.39 is 0 Å². The normalized spacial score (nSPS) is 15.1. The van der Waals surface area contributed by atoms with Crippen molar-refractivity contribution >= 4 is 11.8 Å². The first-order chi connectivity index (χ1) is 14.2. The number of carbonyl (C=O) groups is 2. The van der Waals surface area contributed by atoms with Crippen molar-refractivity contribution in [3.63, 3.8) is 0 Å². The summed E-state index contributed by atoms with van der Waals surface area (Å²) in [6.07, 6.45) is 3.92. The van der Waals surface area contributed by atoms with Crippen LogP contribution < -0.4 is 5.32 Å². The van der Waals surface area contributed by atoms with Crippen LogP contribution in [0.15, 0.2) is 30.6 Å². The number of aromatic nitrogens is 4. The van der Waals surface area contributed by atoms with Crippen molar-refractivity contribution in [3.8, 4) is 0 Å². The van der Waals surface area contributed by atoms with Gasteiger partial charge in [0, 0.05) is 30.1 Å². The van der Waals surface area contributed by atoms with Gasteiger partial charge in [-0.25, -0.2) is 4.98 Å². The lowest BCUT2D eigenvalue weighted by atomic mass is 10.00. The van der Waals surface area contributed by atoms with Gasteiger partial charge in [-0.05, 0) is 23.6 Å². The zero-order valence-electron chi connectivity index (χ0n) is 15.7. The van der Waals surface area contributed by atoms with Crippen molar-refractivity contribution in [1.29, 1.82) is 0 Å². The van der Waals surface area contributed by atoms with Crippen LogP contribution in [0.1, 0.15) is 49.1 Å². The molecule has 5 rings (SSSR count). The van der Waals surface area contributed by atoms with Gasteiger partial charge in [0.2, 0.25) is 0 Å². The Labute approximate surface area is 166 Å². The molecule has 9 heteroatoms. The molecule has 0 fully saturated rings. The molecule has 2 aromatic heterocycles. The lowest BCUT2D eigenvalue weighted by molar-refractivity contribution is 0.0728. The molecular formula is C20H20N6O3. The number of carbonyl (C=O) groups excluding carboxylic acids is 2. The summed E-state index contributed by atoms with van der Waals surface area (Å²) in [5.41, 5.74) is 4.80. The number of hydrogen-bond donors (Lipinski definition) is 3. The first-order valence-corrected chi connectivity index (χ1v) is 9.51. The van der Waals surface area contributed by atoms with E-state index >= 15 is 0 Å². The second kappa shape index (κ2) is 7.17. The summed E-state index contributed by atoms with van der Waals surface area (Å²) < 4.78 is 5.49. The van der Waals surface area contributed by atoms with Crippen molar-refractivity contribution < 1.29 is 14.3 Å². The number of benzene rings is 1. The Hall–Kier alpha value is -3.46. The molecule has 3 aromatic rings. The number of amides is 2. The molecule has 0 saturated heterocycles. The molecule has 2 amide bonds. The molecule has 4 heterocycles. The Bertz CT molecular complexity index is 1070. The number of fused-ring (bicyclic) bond motifs is 2. The third kappa shape index (κ3) is 3.19. The van der Waals surface area contributed by atoms with Gasteiger partial charge >= 0.3 is 0 Å². The molecule has 0 radical (unpaired) electrons. The third-order valence-corrected chi connectivity index (χ3v) is 5.41. The van der Waals surface area contributed by atoms with Crippen LogP contribution in [0.5, 0.6) is 0 Å². The van der Waals surface area contributed by atoms with Crippen LogP contribution in [0.3, 0.4) is 0 Å². The highest BCUT2D eigenvalue weighted by Crippen LogP contribution is 2.27. The molecule has 9 nitrogen and oxygen atoms in total. The Kier molecular flexibility index (Phi) is 4.36. The summed E-state index contributed by atoms with van der Waals surface area (Å²) in [5, 5.41) is 9.95. The van der Waals surface area contributed by atoms with Crippen molar-refractivity contribution in [2.24, 2.45) is 0 Å². The number of imidazole rings is 1. The molecule has 0 bridgehead atoms. The van der Waals surface area contributed by atoms with Gasteiger partial charge in [-0.2, -0.15) is 5.10 Å². The standard InChI is InChI=1S/C20H20N6O3/c27-19(23-8-17-21-5-6-22-17)18-14-4-7-26(9-16(14)24-25-18)20(28)13-3-1-2-12-10-29-11-15(12)13/h1-3,5-6H,4,7-11H2,(H,21,22)(H,23,27)(H,24,25). The maximum absolute atomic E-state index is 13.1. The maximum atomic E-state index is 13.1. The van der Waals surface area contributed by atoms with Gasteiger partial charge in [0.15, 0.2) is 5.69 Å². The molecule has 0 unspecified atom stereocenters. The molecule has 0 atom stereocenters. The molecule has 0 aliphatic carbocycles. The lowest BCUT2D eigenvalue weighted by Crippen LogP contribution is -2.37. The summed E-state index contributed by atoms with van der Waals surface area (Å²) in [7, 11) is 0. The van der Waals surface area contributed by atoms with E-state index in [9.17, 15) is 9.59 Å². The minimum atomic E-state index is -0.253. The summed E-state index contributed by atoms with van der Waals surface area (Å²) in [6, 6.07) is 5.75. The molecular weight excluding hydrogens is 372 g/mol. The lowest BCUT2D eigenvalue weighted by Gasteiger charge is -2.27. The van der Waals surface area contributed by atoms with E-state index in [0.717, 1.165) is 22.4 Å². The monoisotopic (exact) mass is 392 g/mol. The smallest absolute Gasteiger partial charge is 0.272 e. The summed E-state index contributed by atoms with van der Waals surface area (Å²) in [6.45, 7) is 2.27. The number of H-pyrrole nitrogens is 2. The van der Waals surface area contributed by atoms with E-state index in [2.05, 4.69) is 25.5 Å². The van der Waals surface area contributed by atoms with Gasteiger partial charge in [0.25, 0.3) is 11.8 Å². The second-order valence-electron chi connectivity index (χ2n) is 7.16. The van der Waals surface area contributed by atoms with Crippen LogP contribution in [-0.2, 0) is 37.5 Å². The van der Waals surface area contributed by atoms with Crippen LogP contribution in [0.25, 0.3) is 0 Å². The fourth-order valence-electron chi connectivity index (χ4n) is 3.90. The van der Waals surface area contributed by atoms with Crippen molar-refractivity contribution in [1.82, 2.24) is 30.4 Å². The van der Waals surface area contributed by atoms with Gasteiger partial charge < -0.3 is 19.9 Å². The number of rotatable bonds is 4. The molecule has 29 heavy (non-hydrogen) atoms. The molecule has 148 valence electrons. The van der Waals surface area contributed by atoms with Gasteiger partial charge in [0.05, 0.1) is 32.0 Å². The fourth-order valence-corrected chi connectivity index (χ4v) is 3.90. The van der Waals surface area contributed by atoms with E-state index in [-0.39, 0.29) is 11.8 Å². The predicted octanol–water partition coefficient (Wildman–Crippen LogP) is 1.29. The van der Waals surface area contributed by atoms with E-state index in [1.165, 1.54) is 0 Å². The fraction of sp³-hybridized carbons (Fsp3) is 0.300. The molecule has 3 N–H and O–H groups in total. The summed E-state index contributed by atoms with van der Waals surface area (Å²) in [5.74, 6) is 0.409. The first kappa shape index (κ1) is 17.6. The van der Waals surface area contributed by atoms with E-state index in [4.69, 9.17) is 4.74 Å². The van der Waals surface area contributed by atoms with Crippen LogP contribution >= 0.6 is 0 Å². The van der Waals surface area contributed by atoms with Gasteiger partial charge in [-0.1, -0.05) is 12.1 Å². The average Bonchev–Trinajstić information content (AvgIpc) is 3.51. The van der Waals surface area contributed by atoms with Crippen molar-refractivity contribution in [2.75, 3.05) is 6.54 Å². The minimum Gasteiger partial charge on any atom is -0.372 e.